The topological polar surface area (TPSA) is 61.4 Å². The molecule has 3 N–H and O–H groups in total. The molecule has 0 spiro atoms. The molecule has 0 aliphatic rings. The van der Waals surface area contributed by atoms with E-state index in [0.29, 0.717) is 6.42 Å². The van der Waals surface area contributed by atoms with Gasteiger partial charge in [-0.3, -0.25) is 0 Å². The van der Waals surface area contributed by atoms with Crippen molar-refractivity contribution in [2.45, 2.75) is 33.2 Å². The minimum atomic E-state index is -0.214. The molecule has 0 aliphatic heterocycles. The van der Waals surface area contributed by atoms with Crippen molar-refractivity contribution in [1.29, 1.82) is 0 Å². The highest BCUT2D eigenvalue weighted by Crippen LogP contribution is 2.14. The lowest BCUT2D eigenvalue weighted by Gasteiger charge is -2.11. The molecular formula is C15H20N2O2. The summed E-state index contributed by atoms with van der Waals surface area (Å²) in [4.78, 5) is 11.6. The van der Waals surface area contributed by atoms with Crippen LogP contribution in [0.5, 0.6) is 0 Å². The van der Waals surface area contributed by atoms with Crippen LogP contribution in [0.25, 0.3) is 0 Å². The number of benzene rings is 1. The SMILES string of the molecule is Cc1cc(NC(=O)NC(C)C)ccc1C#CCCO. The number of aliphatic hydroxyl groups is 1. The van der Waals surface area contributed by atoms with E-state index in [0.717, 1.165) is 16.8 Å². The van der Waals surface area contributed by atoms with Crippen LogP contribution in [0.1, 0.15) is 31.4 Å². The van der Waals surface area contributed by atoms with Crippen molar-refractivity contribution in [3.63, 3.8) is 0 Å². The van der Waals surface area contributed by atoms with Crippen LogP contribution < -0.4 is 10.6 Å². The summed E-state index contributed by atoms with van der Waals surface area (Å²) in [6.45, 7) is 5.82. The zero-order chi connectivity index (χ0) is 14.3. The van der Waals surface area contributed by atoms with Crippen molar-refractivity contribution >= 4 is 11.7 Å². The number of hydrogen-bond donors (Lipinski definition) is 3. The number of aryl methyl sites for hydroxylation is 1. The fraction of sp³-hybridized carbons (Fsp3) is 0.400. The summed E-state index contributed by atoms with van der Waals surface area (Å²) in [6, 6.07) is 5.45. The minimum absolute atomic E-state index is 0.0705. The van der Waals surface area contributed by atoms with Crippen molar-refractivity contribution in [3.05, 3.63) is 29.3 Å². The molecule has 0 saturated carbocycles. The van der Waals surface area contributed by atoms with Gasteiger partial charge in [-0.15, -0.1) is 0 Å². The van der Waals surface area contributed by atoms with E-state index in [-0.39, 0.29) is 18.7 Å². The van der Waals surface area contributed by atoms with Gasteiger partial charge in [0.25, 0.3) is 0 Å². The zero-order valence-corrected chi connectivity index (χ0v) is 11.6. The summed E-state index contributed by atoms with van der Waals surface area (Å²) in [7, 11) is 0. The fourth-order valence-electron chi connectivity index (χ4n) is 1.52. The molecule has 1 aromatic carbocycles. The number of hydrogen-bond acceptors (Lipinski definition) is 2. The molecule has 2 amide bonds. The minimum Gasteiger partial charge on any atom is -0.395 e. The third kappa shape index (κ3) is 5.45. The fourth-order valence-corrected chi connectivity index (χ4v) is 1.52. The molecule has 0 aromatic heterocycles. The Labute approximate surface area is 114 Å². The zero-order valence-electron chi connectivity index (χ0n) is 11.6. The number of urea groups is 1. The second-order valence-electron chi connectivity index (χ2n) is 4.56. The van der Waals surface area contributed by atoms with Crippen molar-refractivity contribution in [2.24, 2.45) is 0 Å². The van der Waals surface area contributed by atoms with E-state index in [1.54, 1.807) is 0 Å². The lowest BCUT2D eigenvalue weighted by molar-refractivity contribution is 0.250. The van der Waals surface area contributed by atoms with E-state index in [9.17, 15) is 4.79 Å². The normalized spacial score (nSPS) is 9.74. The highest BCUT2D eigenvalue weighted by molar-refractivity contribution is 5.89. The number of carbonyl (C=O) groups excluding carboxylic acids is 1. The van der Waals surface area contributed by atoms with Crippen molar-refractivity contribution in [1.82, 2.24) is 5.32 Å². The molecule has 0 fully saturated rings. The van der Waals surface area contributed by atoms with Crippen LogP contribution in [-0.4, -0.2) is 23.8 Å². The smallest absolute Gasteiger partial charge is 0.319 e. The average molecular weight is 260 g/mol. The summed E-state index contributed by atoms with van der Waals surface area (Å²) in [5, 5.41) is 14.2. The van der Waals surface area contributed by atoms with Crippen LogP contribution in [0.15, 0.2) is 18.2 Å². The Morgan fingerprint density at radius 1 is 1.42 bits per heavy atom. The molecular weight excluding hydrogens is 240 g/mol. The summed E-state index contributed by atoms with van der Waals surface area (Å²) in [5.74, 6) is 5.87. The van der Waals surface area contributed by atoms with Gasteiger partial charge >= 0.3 is 6.03 Å². The first-order valence-electron chi connectivity index (χ1n) is 6.31. The maximum atomic E-state index is 11.6. The van der Waals surface area contributed by atoms with E-state index < -0.39 is 0 Å². The monoisotopic (exact) mass is 260 g/mol. The number of nitrogens with one attached hydrogen (secondary N) is 2. The highest BCUT2D eigenvalue weighted by Gasteiger charge is 2.04. The van der Waals surface area contributed by atoms with Crippen LogP contribution >= 0.6 is 0 Å². The van der Waals surface area contributed by atoms with Gasteiger partial charge in [0.2, 0.25) is 0 Å². The Bertz CT molecular complexity index is 499. The Morgan fingerprint density at radius 2 is 2.16 bits per heavy atom. The first-order valence-corrected chi connectivity index (χ1v) is 6.31. The molecule has 0 bridgehead atoms. The summed E-state index contributed by atoms with van der Waals surface area (Å²) in [5.41, 5.74) is 2.64. The van der Waals surface area contributed by atoms with Gasteiger partial charge in [0.05, 0.1) is 6.61 Å². The van der Waals surface area contributed by atoms with Crippen LogP contribution in [0.4, 0.5) is 10.5 Å². The molecule has 0 unspecified atom stereocenters. The number of amides is 2. The predicted molar refractivity (Wildman–Crippen MR) is 77.1 cm³/mol. The standard InChI is InChI=1S/C15H20N2O2/c1-11(2)16-15(19)17-14-8-7-13(12(3)10-14)6-4-5-9-18/h7-8,10-11,18H,5,9H2,1-3H3,(H2,16,17,19). The summed E-state index contributed by atoms with van der Waals surface area (Å²) in [6.07, 6.45) is 0.468. The maximum Gasteiger partial charge on any atom is 0.319 e. The summed E-state index contributed by atoms with van der Waals surface area (Å²) < 4.78 is 0. The molecule has 1 aromatic rings. The number of aliphatic hydroxyl groups excluding tert-OH is 1. The highest BCUT2D eigenvalue weighted by atomic mass is 16.2. The van der Waals surface area contributed by atoms with E-state index in [1.807, 2.05) is 39.0 Å². The second-order valence-corrected chi connectivity index (χ2v) is 4.56. The van der Waals surface area contributed by atoms with Gasteiger partial charge in [0, 0.05) is 23.7 Å². The first-order chi connectivity index (χ1) is 9.02. The second kappa shape index (κ2) is 7.45. The summed E-state index contributed by atoms with van der Waals surface area (Å²) >= 11 is 0. The third-order valence-electron chi connectivity index (χ3n) is 2.36. The molecule has 0 heterocycles. The first kappa shape index (κ1) is 15.1. The maximum absolute atomic E-state index is 11.6. The lowest BCUT2D eigenvalue weighted by atomic mass is 10.1. The van der Waals surface area contributed by atoms with Gasteiger partial charge in [-0.2, -0.15) is 0 Å². The molecule has 4 heteroatoms. The molecule has 0 atom stereocenters. The van der Waals surface area contributed by atoms with Gasteiger partial charge in [0.1, 0.15) is 0 Å². The Morgan fingerprint density at radius 3 is 2.74 bits per heavy atom. The molecule has 102 valence electrons. The van der Waals surface area contributed by atoms with Crippen molar-refractivity contribution in [3.8, 4) is 11.8 Å². The number of anilines is 1. The van der Waals surface area contributed by atoms with Crippen LogP contribution in [0.3, 0.4) is 0 Å². The third-order valence-corrected chi connectivity index (χ3v) is 2.36. The molecule has 0 aliphatic carbocycles. The quantitative estimate of drug-likeness (QED) is 0.730. The van der Waals surface area contributed by atoms with Gasteiger partial charge in [-0.1, -0.05) is 11.8 Å². The Balaban J connectivity index is 2.72. The van der Waals surface area contributed by atoms with Gasteiger partial charge < -0.3 is 15.7 Å². The molecule has 4 nitrogen and oxygen atoms in total. The Kier molecular flexibility index (Phi) is 5.91. The van der Waals surface area contributed by atoms with E-state index in [1.165, 1.54) is 0 Å². The Hall–Kier alpha value is -1.99. The van der Waals surface area contributed by atoms with Gasteiger partial charge in [-0.25, -0.2) is 4.79 Å². The molecule has 1 rings (SSSR count). The molecule has 19 heavy (non-hydrogen) atoms. The van der Waals surface area contributed by atoms with E-state index in [2.05, 4.69) is 22.5 Å². The van der Waals surface area contributed by atoms with Gasteiger partial charge in [0.15, 0.2) is 0 Å². The van der Waals surface area contributed by atoms with E-state index in [4.69, 9.17) is 5.11 Å². The van der Waals surface area contributed by atoms with Crippen molar-refractivity contribution < 1.29 is 9.90 Å². The van der Waals surface area contributed by atoms with E-state index >= 15 is 0 Å². The van der Waals surface area contributed by atoms with Crippen LogP contribution in [0, 0.1) is 18.8 Å². The average Bonchev–Trinajstić information content (AvgIpc) is 2.31. The molecule has 0 saturated heterocycles. The molecule has 0 radical (unpaired) electrons. The lowest BCUT2D eigenvalue weighted by Crippen LogP contribution is -2.34. The van der Waals surface area contributed by atoms with Crippen molar-refractivity contribution in [2.75, 3.05) is 11.9 Å². The largest absolute Gasteiger partial charge is 0.395 e. The number of rotatable bonds is 3. The number of carbonyl (C=O) groups is 1. The predicted octanol–water partition coefficient (Wildman–Crippen LogP) is 2.26. The van der Waals surface area contributed by atoms with Crippen LogP contribution in [0.2, 0.25) is 0 Å². The van der Waals surface area contributed by atoms with Gasteiger partial charge in [-0.05, 0) is 44.5 Å². The van der Waals surface area contributed by atoms with Crippen LogP contribution in [-0.2, 0) is 0 Å².